The van der Waals surface area contributed by atoms with Gasteiger partial charge >= 0.3 is 0 Å². The van der Waals surface area contributed by atoms with Crippen LogP contribution in [0.1, 0.15) is 185 Å². The van der Waals surface area contributed by atoms with Crippen LogP contribution < -0.4 is 21.3 Å². The van der Waals surface area contributed by atoms with E-state index in [4.69, 9.17) is 19.7 Å². The first-order chi connectivity index (χ1) is 53.3. The van der Waals surface area contributed by atoms with Gasteiger partial charge in [-0.15, -0.1) is 0 Å². The molecule has 26 N–H and O–H groups in total. The van der Waals surface area contributed by atoms with Crippen molar-refractivity contribution in [2.24, 2.45) is 59.2 Å². The molecule has 34 heteroatoms. The van der Waals surface area contributed by atoms with E-state index in [1.165, 1.54) is 13.8 Å². The average Bonchev–Trinajstić information content (AvgIpc) is 0.889. The van der Waals surface area contributed by atoms with Crippen LogP contribution >= 0.6 is 0 Å². The van der Waals surface area contributed by atoms with Gasteiger partial charge in [0.15, 0.2) is 0 Å². The summed E-state index contributed by atoms with van der Waals surface area (Å²) in [6, 6.07) is -3.75. The normalized spacial score (nSPS) is 36.0. The minimum atomic E-state index is -1.16. The van der Waals surface area contributed by atoms with E-state index in [-0.39, 0.29) is 149 Å². The van der Waals surface area contributed by atoms with Gasteiger partial charge in [0.1, 0.15) is 24.4 Å². The molecule has 112 heavy (non-hydrogen) atoms. The van der Waals surface area contributed by atoms with E-state index in [1.54, 1.807) is 0 Å². The Balaban J connectivity index is 0.000000673. The molecule has 2 aliphatic heterocycles. The van der Waals surface area contributed by atoms with Crippen molar-refractivity contribution in [3.63, 3.8) is 0 Å². The van der Waals surface area contributed by atoms with Crippen LogP contribution in [-0.4, -0.2) is 373 Å². The molecule has 4 saturated carbocycles. The summed E-state index contributed by atoms with van der Waals surface area (Å²) in [7, 11) is 0. The van der Waals surface area contributed by atoms with Gasteiger partial charge in [0.05, 0.1) is 125 Å². The standard InChI is InChI=1S/2C14H27NO5.2C13H25NO5.2C12H25NO4/c2*1-3-4-5-20-8-11-6-10(7-16)13(18)14(19)12(11)15-9(2)17;2*1-2-3-4-10(17)14-11-8(6-15)5-9(7-16)12(18)13(11)19;2*1-3-4-5-13-9(6-14)8(2)11(16)12(17)10(13)7-15/h2*10-14,16,18-19H,3-8H2,1-2H3,(H,15,17);2*8-9,11-13,15-16,18-19H,2-7H2,1H3,(H,14,17);2*8-12,14-17H,3-7H2,1-2H3/t10-,11+,12+,13-,14-;10-,11-,12+,13-,14-;8-,9+,11-,12+,13+;8-,9-,11+,12-,13-;8-,9+,10+,11+,12+;8-,9-,10+,11+,12+/m110100/s1. The Bertz CT molecular complexity index is 2250. The van der Waals surface area contributed by atoms with Crippen molar-refractivity contribution in [1.29, 1.82) is 0 Å². The second-order valence-corrected chi connectivity index (χ2v) is 31.6. The summed E-state index contributed by atoms with van der Waals surface area (Å²) in [5.74, 6) is -3.84. The molecule has 0 bridgehead atoms. The Labute approximate surface area is 664 Å². The lowest BCUT2D eigenvalue weighted by Crippen LogP contribution is -2.65. The number of hydrogen-bond acceptors (Lipinski definition) is 30. The van der Waals surface area contributed by atoms with Crippen LogP contribution in [0.4, 0.5) is 0 Å². The molecule has 0 aromatic rings. The van der Waals surface area contributed by atoms with Gasteiger partial charge in [-0.05, 0) is 77.3 Å². The number of likely N-dealkylation sites (tertiary alicyclic amines) is 2. The fraction of sp³-hybridized carbons (Fsp3) is 0.949. The van der Waals surface area contributed by atoms with E-state index in [9.17, 15) is 121 Å². The average molecular weight is 1620 g/mol. The number of aliphatic hydroxyl groups is 22. The van der Waals surface area contributed by atoms with Gasteiger partial charge in [-0.2, -0.15) is 0 Å². The maximum atomic E-state index is 11.7. The number of ether oxygens (including phenoxy) is 2. The van der Waals surface area contributed by atoms with Gasteiger partial charge in [0.2, 0.25) is 23.6 Å². The topological polar surface area (TPSA) is 586 Å². The number of carbonyl (C=O) groups is 4. The lowest BCUT2D eigenvalue weighted by molar-refractivity contribution is -0.147. The molecular formula is C78H154N6O28. The van der Waals surface area contributed by atoms with E-state index in [1.807, 2.05) is 37.5 Å². The number of aliphatic hydroxyl groups excluding tert-OH is 22. The minimum absolute atomic E-state index is 0.0643. The summed E-state index contributed by atoms with van der Waals surface area (Å²) in [6.07, 6.45) is 1.45. The van der Waals surface area contributed by atoms with Crippen molar-refractivity contribution in [3.05, 3.63) is 0 Å². The highest BCUT2D eigenvalue weighted by Crippen LogP contribution is 2.36. The van der Waals surface area contributed by atoms with Crippen LogP contribution in [0.25, 0.3) is 0 Å². The Morgan fingerprint density at radius 2 is 0.554 bits per heavy atom. The van der Waals surface area contributed by atoms with E-state index >= 15 is 0 Å². The Kier molecular flexibility index (Phi) is 56.0. The third-order valence-corrected chi connectivity index (χ3v) is 23.3. The van der Waals surface area contributed by atoms with Crippen LogP contribution in [0.5, 0.6) is 0 Å². The Morgan fingerprint density at radius 3 is 0.786 bits per heavy atom. The summed E-state index contributed by atoms with van der Waals surface area (Å²) in [4.78, 5) is 49.8. The number of nitrogens with one attached hydrogen (secondary N) is 4. The highest BCUT2D eigenvalue weighted by molar-refractivity contribution is 5.77. The van der Waals surface area contributed by atoms with Crippen LogP contribution in [0.2, 0.25) is 0 Å². The first-order valence-electron chi connectivity index (χ1n) is 41.3. The summed E-state index contributed by atoms with van der Waals surface area (Å²) in [5, 5.41) is 223. The van der Waals surface area contributed by atoms with E-state index in [2.05, 4.69) is 49.0 Å². The summed E-state index contributed by atoms with van der Waals surface area (Å²) in [5.41, 5.74) is 0. The summed E-state index contributed by atoms with van der Waals surface area (Å²) in [6.45, 7) is 20.4. The third kappa shape index (κ3) is 33.6. The number of rotatable bonds is 36. The smallest absolute Gasteiger partial charge is 0.220 e. The maximum Gasteiger partial charge on any atom is 0.220 e. The van der Waals surface area contributed by atoms with Crippen LogP contribution in [-0.2, 0) is 28.7 Å². The number of nitrogens with zero attached hydrogens (tertiary/aromatic N) is 2. The molecule has 4 aliphatic carbocycles. The number of unbranched alkanes of at least 4 members (excludes halogenated alkanes) is 6. The molecule has 2 heterocycles. The molecule has 0 unspecified atom stereocenters. The molecule has 664 valence electrons. The number of piperidine rings is 2. The van der Waals surface area contributed by atoms with Crippen LogP contribution in [0, 0.1) is 59.2 Å². The third-order valence-electron chi connectivity index (χ3n) is 23.3. The SMILES string of the molecule is CCCCC(=O)N[C@H]1[C@@H](CO)C[C@H](CO)[C@@H](O)[C@@H]1O.CCCCC(=O)N[C@H]1[C@H](CO)C[C@H](CO)[C@@H](O)[C@@H]1O.CCCCN1[C@H](CO)[C@@H](O)[C@H](O)[C@@H](C)[C@@H]1CO.CCCCN1[C@H](CO)[C@H](C)[C@@H](O)[C@H](O)[C@H]1CO.CCCCOC[C@@H]1C[C@H](CO)[C@@H](O)[C@H](O)[C@H]1NC(C)=O.CCCCOC[C@H]1C[C@H](CO)[C@@H](O)[C@H](O)[C@H]1NC(C)=O. The molecule has 34 nitrogen and oxygen atoms in total. The van der Waals surface area contributed by atoms with Gasteiger partial charge in [0.25, 0.3) is 0 Å². The molecule has 4 amide bonds. The molecular weight excluding hydrogens is 1470 g/mol. The largest absolute Gasteiger partial charge is 0.396 e. The monoisotopic (exact) mass is 1620 g/mol. The molecule has 6 rings (SSSR count). The quantitative estimate of drug-likeness (QED) is 0.0264. The van der Waals surface area contributed by atoms with Gasteiger partial charge < -0.3 is 143 Å². The maximum absolute atomic E-state index is 11.7. The molecule has 6 fully saturated rings. The van der Waals surface area contributed by atoms with Crippen molar-refractivity contribution >= 4 is 23.6 Å². The lowest BCUT2D eigenvalue weighted by Gasteiger charge is -2.49. The van der Waals surface area contributed by atoms with Crippen LogP contribution in [0.15, 0.2) is 0 Å². The first-order valence-corrected chi connectivity index (χ1v) is 41.3. The van der Waals surface area contributed by atoms with Crippen molar-refractivity contribution in [2.45, 2.75) is 306 Å². The van der Waals surface area contributed by atoms with Gasteiger partial charge in [0, 0.05) is 151 Å². The zero-order chi connectivity index (χ0) is 85.1. The van der Waals surface area contributed by atoms with Gasteiger partial charge in [-0.3, -0.25) is 29.0 Å². The molecule has 0 radical (unpaired) electrons. The van der Waals surface area contributed by atoms with E-state index in [0.29, 0.717) is 65.0 Å². The summed E-state index contributed by atoms with van der Waals surface area (Å²) < 4.78 is 11.2. The van der Waals surface area contributed by atoms with E-state index < -0.39 is 121 Å². The Hall–Kier alpha value is -3.16. The van der Waals surface area contributed by atoms with Crippen molar-refractivity contribution < 1.29 is 141 Å². The van der Waals surface area contributed by atoms with Gasteiger partial charge in [-0.25, -0.2) is 0 Å². The number of carbonyl (C=O) groups excluding carboxylic acids is 4. The van der Waals surface area contributed by atoms with E-state index in [0.717, 1.165) is 90.1 Å². The molecule has 30 atom stereocenters. The molecule has 0 aromatic heterocycles. The van der Waals surface area contributed by atoms with Crippen LogP contribution in [0.3, 0.4) is 0 Å². The summed E-state index contributed by atoms with van der Waals surface area (Å²) >= 11 is 0. The zero-order valence-electron chi connectivity index (χ0n) is 68.5. The predicted octanol–water partition coefficient (Wildman–Crippen LogP) is -4.31. The second kappa shape index (κ2) is 58.7. The minimum Gasteiger partial charge on any atom is -0.396 e. The molecule has 6 aliphatic rings. The number of hydrogen-bond donors (Lipinski definition) is 26. The van der Waals surface area contributed by atoms with Crippen molar-refractivity contribution in [3.8, 4) is 0 Å². The number of amides is 4. The fourth-order valence-corrected chi connectivity index (χ4v) is 16.0. The highest BCUT2D eigenvalue weighted by Gasteiger charge is 2.50. The lowest BCUT2D eigenvalue weighted by atomic mass is 9.75. The van der Waals surface area contributed by atoms with Gasteiger partial charge in [-0.1, -0.05) is 93.9 Å². The zero-order valence-corrected chi connectivity index (χ0v) is 68.5. The van der Waals surface area contributed by atoms with Crippen molar-refractivity contribution in [2.75, 3.05) is 106 Å². The highest BCUT2D eigenvalue weighted by atomic mass is 16.5. The predicted molar refractivity (Wildman–Crippen MR) is 416 cm³/mol. The molecule has 2 saturated heterocycles. The fourth-order valence-electron chi connectivity index (χ4n) is 16.0. The Morgan fingerprint density at radius 1 is 0.304 bits per heavy atom. The second-order valence-electron chi connectivity index (χ2n) is 31.6. The molecule has 0 spiro atoms. The van der Waals surface area contributed by atoms with Crippen molar-refractivity contribution in [1.82, 2.24) is 31.1 Å². The molecule has 0 aromatic carbocycles. The first kappa shape index (κ1) is 107.